The van der Waals surface area contributed by atoms with Crippen molar-refractivity contribution in [2.45, 2.75) is 19.8 Å². The Morgan fingerprint density at radius 2 is 2.08 bits per heavy atom. The molecule has 1 fully saturated rings. The van der Waals surface area contributed by atoms with Crippen LogP contribution < -0.4 is 10.1 Å². The number of hydrogen-bond donors (Lipinski definition) is 1. The molecule has 1 heterocycles. The number of benzene rings is 1. The van der Waals surface area contributed by atoms with E-state index in [1.165, 1.54) is 0 Å². The minimum Gasteiger partial charge on any atom is -0.490 e. The van der Waals surface area contributed by atoms with Crippen LogP contribution in [0.25, 0.3) is 0 Å². The summed E-state index contributed by atoms with van der Waals surface area (Å²) < 4.78 is 11.2. The first-order valence-electron chi connectivity index (χ1n) is 8.02. The van der Waals surface area contributed by atoms with Gasteiger partial charge in [-0.25, -0.2) is 0 Å². The first-order valence-corrected chi connectivity index (χ1v) is 9.23. The first kappa shape index (κ1) is 19.1. The number of carbonyl (C=O) groups is 1. The van der Waals surface area contributed by atoms with Crippen molar-refractivity contribution in [3.05, 3.63) is 28.2 Å². The highest BCUT2D eigenvalue weighted by atomic mass is 79.9. The third kappa shape index (κ3) is 5.43. The van der Waals surface area contributed by atoms with Crippen LogP contribution in [0.4, 0.5) is 0 Å². The van der Waals surface area contributed by atoms with E-state index in [1.807, 2.05) is 0 Å². The zero-order chi connectivity index (χ0) is 17.5. The van der Waals surface area contributed by atoms with E-state index in [9.17, 15) is 4.79 Å². The zero-order valence-corrected chi connectivity index (χ0v) is 16.4. The van der Waals surface area contributed by atoms with Gasteiger partial charge >= 0.3 is 0 Å². The fourth-order valence-electron chi connectivity index (χ4n) is 2.45. The van der Waals surface area contributed by atoms with Crippen molar-refractivity contribution in [1.82, 2.24) is 10.2 Å². The lowest BCUT2D eigenvalue weighted by atomic mass is 10.00. The van der Waals surface area contributed by atoms with E-state index >= 15 is 0 Å². The van der Waals surface area contributed by atoms with Crippen LogP contribution in [0.5, 0.6) is 5.75 Å². The lowest BCUT2D eigenvalue weighted by molar-refractivity contribution is 0.0971. The van der Waals surface area contributed by atoms with Gasteiger partial charge in [0.15, 0.2) is 5.11 Å². The van der Waals surface area contributed by atoms with Gasteiger partial charge < -0.3 is 14.4 Å². The van der Waals surface area contributed by atoms with Crippen molar-refractivity contribution in [2.24, 2.45) is 5.92 Å². The molecule has 5 nitrogen and oxygen atoms in total. The van der Waals surface area contributed by atoms with Crippen LogP contribution in [-0.2, 0) is 4.74 Å². The van der Waals surface area contributed by atoms with Crippen LogP contribution in [0.2, 0.25) is 0 Å². The van der Waals surface area contributed by atoms with Gasteiger partial charge in [-0.15, -0.1) is 0 Å². The van der Waals surface area contributed by atoms with E-state index in [0.29, 0.717) is 29.6 Å². The SMILES string of the molecule is COCCOc1ccc(C(=O)NC(=S)N2CCC(C)CC2)cc1Br. The van der Waals surface area contributed by atoms with E-state index in [1.54, 1.807) is 25.3 Å². The van der Waals surface area contributed by atoms with Gasteiger partial charge in [0.05, 0.1) is 11.1 Å². The molecule has 0 spiro atoms. The molecule has 0 atom stereocenters. The molecule has 0 unspecified atom stereocenters. The molecule has 132 valence electrons. The maximum absolute atomic E-state index is 12.4. The van der Waals surface area contributed by atoms with Crippen molar-refractivity contribution >= 4 is 39.2 Å². The van der Waals surface area contributed by atoms with Gasteiger partial charge in [-0.1, -0.05) is 6.92 Å². The molecule has 0 aromatic heterocycles. The number of thiocarbonyl (C=S) groups is 1. The Hall–Kier alpha value is -1.18. The van der Waals surface area contributed by atoms with Gasteiger partial charge in [0, 0.05) is 25.8 Å². The number of ether oxygens (including phenoxy) is 2. The summed E-state index contributed by atoms with van der Waals surface area (Å²) in [6.07, 6.45) is 2.21. The highest BCUT2D eigenvalue weighted by Gasteiger charge is 2.19. The van der Waals surface area contributed by atoms with Crippen molar-refractivity contribution in [2.75, 3.05) is 33.4 Å². The number of halogens is 1. The Bertz CT molecular complexity index is 589. The Kier molecular flexibility index (Phi) is 7.45. The number of piperidine rings is 1. The molecule has 0 bridgehead atoms. The molecule has 7 heteroatoms. The van der Waals surface area contributed by atoms with Crippen molar-refractivity contribution in [3.8, 4) is 5.75 Å². The number of carbonyl (C=O) groups excluding carboxylic acids is 1. The first-order chi connectivity index (χ1) is 11.5. The molecule has 1 N–H and O–H groups in total. The second kappa shape index (κ2) is 9.34. The van der Waals surface area contributed by atoms with Crippen LogP contribution in [0.1, 0.15) is 30.1 Å². The number of rotatable bonds is 5. The molecule has 1 amide bonds. The molecule has 24 heavy (non-hydrogen) atoms. The van der Waals surface area contributed by atoms with Crippen LogP contribution >= 0.6 is 28.1 Å². The fraction of sp³-hybridized carbons (Fsp3) is 0.529. The lowest BCUT2D eigenvalue weighted by Crippen LogP contribution is -2.46. The van der Waals surface area contributed by atoms with Crippen LogP contribution in [-0.4, -0.2) is 49.3 Å². The summed E-state index contributed by atoms with van der Waals surface area (Å²) in [7, 11) is 1.62. The Balaban J connectivity index is 1.92. The zero-order valence-electron chi connectivity index (χ0n) is 14.0. The minimum absolute atomic E-state index is 0.206. The predicted molar refractivity (Wildman–Crippen MR) is 102 cm³/mol. The van der Waals surface area contributed by atoms with Crippen LogP contribution in [0, 0.1) is 5.92 Å². The summed E-state index contributed by atoms with van der Waals surface area (Å²) in [4.78, 5) is 14.4. The lowest BCUT2D eigenvalue weighted by Gasteiger charge is -2.32. The van der Waals surface area contributed by atoms with Crippen molar-refractivity contribution in [1.29, 1.82) is 0 Å². The van der Waals surface area contributed by atoms with Crippen molar-refractivity contribution < 1.29 is 14.3 Å². The van der Waals surface area contributed by atoms with E-state index in [4.69, 9.17) is 21.7 Å². The molecular formula is C17H23BrN2O3S. The number of nitrogens with one attached hydrogen (secondary N) is 1. The summed E-state index contributed by atoms with van der Waals surface area (Å²) in [6, 6.07) is 5.22. The van der Waals surface area contributed by atoms with Gasteiger partial charge in [0.25, 0.3) is 5.91 Å². The van der Waals surface area contributed by atoms with Crippen LogP contribution in [0.3, 0.4) is 0 Å². The molecule has 2 rings (SSSR count). The Morgan fingerprint density at radius 1 is 1.38 bits per heavy atom. The quantitative estimate of drug-likeness (QED) is 0.591. The molecule has 1 aliphatic rings. The summed E-state index contributed by atoms with van der Waals surface area (Å²) in [5.74, 6) is 1.19. The number of hydrogen-bond acceptors (Lipinski definition) is 4. The van der Waals surface area contributed by atoms with E-state index in [-0.39, 0.29) is 5.91 Å². The second-order valence-electron chi connectivity index (χ2n) is 5.92. The monoisotopic (exact) mass is 414 g/mol. The highest BCUT2D eigenvalue weighted by Crippen LogP contribution is 2.26. The highest BCUT2D eigenvalue weighted by molar-refractivity contribution is 9.10. The molecule has 1 aliphatic heterocycles. The molecule has 0 radical (unpaired) electrons. The minimum atomic E-state index is -0.206. The van der Waals surface area contributed by atoms with Gasteiger partial charge in [-0.3, -0.25) is 10.1 Å². The van der Waals surface area contributed by atoms with E-state index < -0.39 is 0 Å². The number of methoxy groups -OCH3 is 1. The summed E-state index contributed by atoms with van der Waals surface area (Å²) >= 11 is 8.79. The summed E-state index contributed by atoms with van der Waals surface area (Å²) in [6.45, 7) is 5.01. The maximum atomic E-state index is 12.4. The summed E-state index contributed by atoms with van der Waals surface area (Å²) in [5.41, 5.74) is 0.536. The predicted octanol–water partition coefficient (Wildman–Crippen LogP) is 3.22. The Morgan fingerprint density at radius 3 is 2.71 bits per heavy atom. The smallest absolute Gasteiger partial charge is 0.257 e. The van der Waals surface area contributed by atoms with Crippen molar-refractivity contribution in [3.63, 3.8) is 0 Å². The molecule has 0 saturated carbocycles. The van der Waals surface area contributed by atoms with Crippen LogP contribution in [0.15, 0.2) is 22.7 Å². The van der Waals surface area contributed by atoms with Gasteiger partial charge in [0.1, 0.15) is 12.4 Å². The second-order valence-corrected chi connectivity index (χ2v) is 7.16. The molecule has 1 aromatic rings. The topological polar surface area (TPSA) is 50.8 Å². The van der Waals surface area contributed by atoms with E-state index in [0.717, 1.165) is 36.3 Å². The van der Waals surface area contributed by atoms with Gasteiger partial charge in [0.2, 0.25) is 0 Å². The average Bonchev–Trinajstić information content (AvgIpc) is 2.57. The summed E-state index contributed by atoms with van der Waals surface area (Å²) in [5, 5.41) is 3.32. The molecular weight excluding hydrogens is 392 g/mol. The van der Waals surface area contributed by atoms with Gasteiger partial charge in [-0.05, 0) is 65.1 Å². The van der Waals surface area contributed by atoms with Gasteiger partial charge in [-0.2, -0.15) is 0 Å². The molecule has 0 aliphatic carbocycles. The number of amides is 1. The average molecular weight is 415 g/mol. The molecule has 1 saturated heterocycles. The largest absolute Gasteiger partial charge is 0.490 e. The van der Waals surface area contributed by atoms with E-state index in [2.05, 4.69) is 33.1 Å². The number of likely N-dealkylation sites (tertiary alicyclic amines) is 1. The Labute approximate surface area is 156 Å². The number of nitrogens with zero attached hydrogens (tertiary/aromatic N) is 1. The normalized spacial score (nSPS) is 15.2. The third-order valence-corrected chi connectivity index (χ3v) is 5.01. The molecule has 1 aromatic carbocycles. The fourth-order valence-corrected chi connectivity index (χ4v) is 3.22. The standard InChI is InChI=1S/C17H23BrN2O3S/c1-12-5-7-20(8-6-12)17(24)19-16(21)13-3-4-15(14(18)11-13)23-10-9-22-2/h3-4,11-12H,5-10H2,1-2H3,(H,19,21,24). The third-order valence-electron chi connectivity index (χ3n) is 4.03. The maximum Gasteiger partial charge on any atom is 0.257 e.